The Bertz CT molecular complexity index is 977. The summed E-state index contributed by atoms with van der Waals surface area (Å²) in [5, 5.41) is 6.62. The van der Waals surface area contributed by atoms with Crippen LogP contribution in [-0.4, -0.2) is 21.0 Å². The summed E-state index contributed by atoms with van der Waals surface area (Å²) in [4.78, 5) is 21.1. The van der Waals surface area contributed by atoms with E-state index in [1.54, 1.807) is 26.0 Å². The van der Waals surface area contributed by atoms with Crippen LogP contribution in [0.4, 0.5) is 4.39 Å². The first-order chi connectivity index (χ1) is 13.0. The Morgan fingerprint density at radius 3 is 2.93 bits per heavy atom. The van der Waals surface area contributed by atoms with Crippen LogP contribution in [0.2, 0.25) is 0 Å². The monoisotopic (exact) mass is 370 g/mol. The van der Waals surface area contributed by atoms with Crippen molar-refractivity contribution in [3.8, 4) is 11.4 Å². The lowest BCUT2D eigenvalue weighted by atomic mass is 10.2. The minimum atomic E-state index is -0.538. The topological polar surface area (TPSA) is 94.1 Å². The van der Waals surface area contributed by atoms with Gasteiger partial charge >= 0.3 is 0 Å². The molecule has 0 saturated heterocycles. The highest BCUT2D eigenvalue weighted by Gasteiger charge is 2.27. The molecule has 0 bridgehead atoms. The number of amides is 1. The lowest BCUT2D eigenvalue weighted by Gasteiger charge is -2.08. The normalized spacial score (nSPS) is 14.9. The quantitative estimate of drug-likeness (QED) is 0.712. The van der Waals surface area contributed by atoms with Gasteiger partial charge in [-0.15, -0.1) is 0 Å². The molecule has 2 aromatic heterocycles. The van der Waals surface area contributed by atoms with E-state index in [4.69, 9.17) is 8.94 Å². The maximum Gasteiger partial charge on any atom is 0.289 e. The van der Waals surface area contributed by atoms with Crippen LogP contribution >= 0.6 is 0 Å². The van der Waals surface area contributed by atoms with Crippen LogP contribution < -0.4 is 5.32 Å². The molecule has 1 atom stereocenters. The van der Waals surface area contributed by atoms with Crippen LogP contribution in [0, 0.1) is 18.7 Å². The van der Waals surface area contributed by atoms with Gasteiger partial charge < -0.3 is 14.3 Å². The third-order valence-corrected chi connectivity index (χ3v) is 4.45. The van der Waals surface area contributed by atoms with Gasteiger partial charge in [0.15, 0.2) is 5.89 Å². The molecule has 140 valence electrons. The number of halogens is 1. The SMILES string of the molecule is Cc1nc(CC2CC2)oc1C(=O)NC(C)c1nc(-c2cccc(F)c2)no1. The molecule has 1 aliphatic carbocycles. The van der Waals surface area contributed by atoms with E-state index < -0.39 is 6.04 Å². The van der Waals surface area contributed by atoms with Crippen molar-refractivity contribution >= 4 is 5.91 Å². The van der Waals surface area contributed by atoms with Gasteiger partial charge in [0.1, 0.15) is 11.9 Å². The number of aryl methyl sites for hydroxylation is 1. The summed E-state index contributed by atoms with van der Waals surface area (Å²) in [6.07, 6.45) is 3.14. The molecule has 8 heteroatoms. The fourth-order valence-electron chi connectivity index (χ4n) is 2.80. The highest BCUT2D eigenvalue weighted by atomic mass is 19.1. The zero-order valence-corrected chi connectivity index (χ0v) is 15.0. The van der Waals surface area contributed by atoms with E-state index in [2.05, 4.69) is 20.4 Å². The number of hydrogen-bond acceptors (Lipinski definition) is 6. The van der Waals surface area contributed by atoms with Crippen LogP contribution in [0.15, 0.2) is 33.2 Å². The Hall–Kier alpha value is -3.03. The van der Waals surface area contributed by atoms with E-state index in [-0.39, 0.29) is 29.2 Å². The number of carbonyl (C=O) groups is 1. The van der Waals surface area contributed by atoms with Crippen molar-refractivity contribution in [1.29, 1.82) is 0 Å². The second-order valence-electron chi connectivity index (χ2n) is 6.83. The molecule has 1 amide bonds. The molecule has 0 spiro atoms. The van der Waals surface area contributed by atoms with Gasteiger partial charge in [-0.3, -0.25) is 4.79 Å². The van der Waals surface area contributed by atoms with Crippen LogP contribution in [0.5, 0.6) is 0 Å². The number of hydrogen-bond donors (Lipinski definition) is 1. The van der Waals surface area contributed by atoms with Crippen LogP contribution in [0.1, 0.15) is 53.8 Å². The predicted octanol–water partition coefficient (Wildman–Crippen LogP) is 3.62. The van der Waals surface area contributed by atoms with Gasteiger partial charge in [-0.2, -0.15) is 4.98 Å². The summed E-state index contributed by atoms with van der Waals surface area (Å²) in [7, 11) is 0. The number of nitrogens with zero attached hydrogens (tertiary/aromatic N) is 3. The minimum Gasteiger partial charge on any atom is -0.435 e. The van der Waals surface area contributed by atoms with Crippen molar-refractivity contribution in [2.24, 2.45) is 5.92 Å². The molecule has 2 heterocycles. The molecule has 1 aromatic carbocycles. The molecule has 7 nitrogen and oxygen atoms in total. The Labute approximate surface area is 155 Å². The average Bonchev–Trinajstić information content (AvgIpc) is 3.16. The Balaban J connectivity index is 1.45. The maximum atomic E-state index is 13.3. The molecule has 1 N–H and O–H groups in total. The number of benzene rings is 1. The van der Waals surface area contributed by atoms with E-state index in [1.807, 2.05) is 0 Å². The minimum absolute atomic E-state index is 0.197. The molecular weight excluding hydrogens is 351 g/mol. The third-order valence-electron chi connectivity index (χ3n) is 4.45. The van der Waals surface area contributed by atoms with E-state index in [0.717, 1.165) is 6.42 Å². The fourth-order valence-corrected chi connectivity index (χ4v) is 2.80. The first-order valence-electron chi connectivity index (χ1n) is 8.86. The zero-order valence-electron chi connectivity index (χ0n) is 15.0. The van der Waals surface area contributed by atoms with Gasteiger partial charge in [-0.1, -0.05) is 17.3 Å². The average molecular weight is 370 g/mol. The van der Waals surface area contributed by atoms with Crippen molar-refractivity contribution in [3.63, 3.8) is 0 Å². The van der Waals surface area contributed by atoms with E-state index in [0.29, 0.717) is 23.1 Å². The van der Waals surface area contributed by atoms with Crippen molar-refractivity contribution in [2.45, 2.75) is 39.2 Å². The lowest BCUT2D eigenvalue weighted by molar-refractivity contribution is 0.0901. The van der Waals surface area contributed by atoms with Crippen molar-refractivity contribution in [1.82, 2.24) is 20.4 Å². The van der Waals surface area contributed by atoms with Crippen LogP contribution in [-0.2, 0) is 6.42 Å². The number of carbonyl (C=O) groups excluding carboxylic acids is 1. The predicted molar refractivity (Wildman–Crippen MR) is 93.2 cm³/mol. The van der Waals surface area contributed by atoms with Gasteiger partial charge in [0.25, 0.3) is 5.91 Å². The summed E-state index contributed by atoms with van der Waals surface area (Å²) in [6.45, 7) is 3.46. The maximum absolute atomic E-state index is 13.3. The molecule has 1 aliphatic rings. The summed E-state index contributed by atoms with van der Waals surface area (Å²) in [5.74, 6) is 1.12. The van der Waals surface area contributed by atoms with Crippen molar-refractivity contribution in [3.05, 3.63) is 53.3 Å². The molecular formula is C19H19FN4O3. The van der Waals surface area contributed by atoms with E-state index in [9.17, 15) is 9.18 Å². The molecule has 3 aromatic rings. The molecule has 1 saturated carbocycles. The van der Waals surface area contributed by atoms with Crippen LogP contribution in [0.25, 0.3) is 11.4 Å². The number of aromatic nitrogens is 3. The molecule has 0 aliphatic heterocycles. The summed E-state index contributed by atoms with van der Waals surface area (Å²) in [5.41, 5.74) is 1.06. The van der Waals surface area contributed by atoms with Gasteiger partial charge in [0.05, 0.1) is 5.69 Å². The van der Waals surface area contributed by atoms with Gasteiger partial charge in [-0.05, 0) is 44.7 Å². The molecule has 1 unspecified atom stereocenters. The fraction of sp³-hybridized carbons (Fsp3) is 0.368. The smallest absolute Gasteiger partial charge is 0.289 e. The standard InChI is InChI=1S/C19H19FN4O3/c1-10-16(26-15(21-10)8-12-6-7-12)18(25)22-11(2)19-23-17(24-27-19)13-4-3-5-14(20)9-13/h3-5,9,11-12H,6-8H2,1-2H3,(H,22,25). The van der Waals surface area contributed by atoms with Gasteiger partial charge in [0.2, 0.25) is 17.5 Å². The molecule has 27 heavy (non-hydrogen) atoms. The zero-order chi connectivity index (χ0) is 19.0. The first-order valence-corrected chi connectivity index (χ1v) is 8.86. The molecule has 1 fully saturated rings. The summed E-state index contributed by atoms with van der Waals surface area (Å²) in [6, 6.07) is 5.36. The second kappa shape index (κ2) is 6.94. The van der Waals surface area contributed by atoms with Crippen molar-refractivity contribution in [2.75, 3.05) is 0 Å². The largest absolute Gasteiger partial charge is 0.435 e. The second-order valence-corrected chi connectivity index (χ2v) is 6.83. The first kappa shape index (κ1) is 17.4. The number of oxazole rings is 1. The Morgan fingerprint density at radius 2 is 2.19 bits per heavy atom. The van der Waals surface area contributed by atoms with Crippen molar-refractivity contribution < 1.29 is 18.1 Å². The lowest BCUT2D eigenvalue weighted by Crippen LogP contribution is -2.27. The highest BCUT2D eigenvalue weighted by molar-refractivity contribution is 5.92. The molecule has 0 radical (unpaired) electrons. The summed E-state index contributed by atoms with van der Waals surface area (Å²) < 4.78 is 24.2. The van der Waals surface area contributed by atoms with E-state index >= 15 is 0 Å². The Kier molecular flexibility index (Phi) is 4.47. The molecule has 4 rings (SSSR count). The van der Waals surface area contributed by atoms with Crippen LogP contribution in [0.3, 0.4) is 0 Å². The van der Waals surface area contributed by atoms with E-state index in [1.165, 1.54) is 25.0 Å². The van der Waals surface area contributed by atoms with Gasteiger partial charge in [0, 0.05) is 12.0 Å². The number of rotatable bonds is 6. The number of nitrogens with one attached hydrogen (secondary N) is 1. The highest BCUT2D eigenvalue weighted by Crippen LogP contribution is 2.32. The third kappa shape index (κ3) is 3.89. The summed E-state index contributed by atoms with van der Waals surface area (Å²) >= 11 is 0. The Morgan fingerprint density at radius 1 is 1.37 bits per heavy atom. The van der Waals surface area contributed by atoms with Gasteiger partial charge in [-0.25, -0.2) is 9.37 Å².